The van der Waals surface area contributed by atoms with Crippen molar-refractivity contribution in [3.05, 3.63) is 53.0 Å². The largest absolute Gasteiger partial charge is 0.464 e. The van der Waals surface area contributed by atoms with Crippen LogP contribution in [0.5, 0.6) is 0 Å². The van der Waals surface area contributed by atoms with E-state index < -0.39 is 10.0 Å². The van der Waals surface area contributed by atoms with Crippen molar-refractivity contribution in [2.75, 3.05) is 7.05 Å². The molecule has 2 rings (SSSR count). The first-order chi connectivity index (χ1) is 9.92. The summed E-state index contributed by atoms with van der Waals surface area (Å²) in [6.45, 7) is 4.40. The number of hydrogen-bond acceptors (Lipinski definition) is 4. The van der Waals surface area contributed by atoms with E-state index in [0.29, 0.717) is 18.1 Å². The summed E-state index contributed by atoms with van der Waals surface area (Å²) in [6, 6.07) is 9.29. The van der Waals surface area contributed by atoms with Crippen LogP contribution in [-0.4, -0.2) is 15.5 Å². The van der Waals surface area contributed by atoms with Gasteiger partial charge in [-0.2, -0.15) is 0 Å². The Morgan fingerprint density at radius 1 is 1.10 bits per heavy atom. The molecule has 1 aromatic carbocycles. The van der Waals surface area contributed by atoms with Crippen LogP contribution in [0.25, 0.3) is 0 Å². The molecular formula is C15H20N2O3S. The third-order valence-corrected chi connectivity index (χ3v) is 4.66. The Balaban J connectivity index is 2.12. The van der Waals surface area contributed by atoms with Crippen molar-refractivity contribution in [2.24, 2.45) is 0 Å². The minimum absolute atomic E-state index is 0.194. The van der Waals surface area contributed by atoms with Gasteiger partial charge in [0, 0.05) is 12.6 Å². The smallest absolute Gasteiger partial charge is 0.244 e. The molecule has 0 amide bonds. The summed E-state index contributed by atoms with van der Waals surface area (Å²) in [5.74, 6) is 1.00. The van der Waals surface area contributed by atoms with Crippen LogP contribution in [0.2, 0.25) is 0 Å². The van der Waals surface area contributed by atoms with Crippen LogP contribution in [-0.2, 0) is 23.1 Å². The summed E-state index contributed by atoms with van der Waals surface area (Å²) in [6.07, 6.45) is 0. The zero-order valence-electron chi connectivity index (χ0n) is 12.4. The van der Waals surface area contributed by atoms with Crippen molar-refractivity contribution >= 4 is 10.0 Å². The van der Waals surface area contributed by atoms with E-state index >= 15 is 0 Å². The molecule has 0 atom stereocenters. The molecule has 0 radical (unpaired) electrons. The standard InChI is InChI=1S/C15H20N2O3S/c1-11-4-6-13(7-5-11)9-17-21(18,19)15-8-14(10-16-3)20-12(15)2/h4-8,16-17H,9-10H2,1-3H3. The Kier molecular flexibility index (Phi) is 4.82. The molecule has 2 N–H and O–H groups in total. The highest BCUT2D eigenvalue weighted by atomic mass is 32.2. The third kappa shape index (κ3) is 3.93. The Bertz CT molecular complexity index is 703. The molecule has 21 heavy (non-hydrogen) atoms. The Morgan fingerprint density at radius 3 is 2.38 bits per heavy atom. The zero-order valence-corrected chi connectivity index (χ0v) is 13.3. The number of sulfonamides is 1. The Morgan fingerprint density at radius 2 is 1.76 bits per heavy atom. The Hall–Kier alpha value is -1.63. The van der Waals surface area contributed by atoms with Gasteiger partial charge >= 0.3 is 0 Å². The number of furan rings is 1. The van der Waals surface area contributed by atoms with Gasteiger partial charge in [0.2, 0.25) is 10.0 Å². The Labute approximate surface area is 125 Å². The second kappa shape index (κ2) is 6.43. The van der Waals surface area contributed by atoms with Gasteiger partial charge < -0.3 is 9.73 Å². The molecule has 2 aromatic rings. The summed E-state index contributed by atoms with van der Waals surface area (Å²) in [7, 11) is -1.79. The molecular weight excluding hydrogens is 288 g/mol. The number of nitrogens with one attached hydrogen (secondary N) is 2. The monoisotopic (exact) mass is 308 g/mol. The van der Waals surface area contributed by atoms with E-state index in [1.54, 1.807) is 20.0 Å². The van der Waals surface area contributed by atoms with E-state index in [9.17, 15) is 8.42 Å². The molecule has 0 saturated carbocycles. The van der Waals surface area contributed by atoms with Gasteiger partial charge in [0.05, 0.1) is 6.54 Å². The number of hydrogen-bond donors (Lipinski definition) is 2. The van der Waals surface area contributed by atoms with Gasteiger partial charge in [0.1, 0.15) is 16.4 Å². The fraction of sp³-hybridized carbons (Fsp3) is 0.333. The molecule has 0 aliphatic carbocycles. The number of rotatable bonds is 6. The predicted octanol–water partition coefficient (Wildman–Crippen LogP) is 2.09. The SMILES string of the molecule is CNCc1cc(S(=O)(=O)NCc2ccc(C)cc2)c(C)o1. The van der Waals surface area contributed by atoms with E-state index in [0.717, 1.165) is 11.1 Å². The number of benzene rings is 1. The van der Waals surface area contributed by atoms with Crippen molar-refractivity contribution in [2.45, 2.75) is 31.8 Å². The topological polar surface area (TPSA) is 71.3 Å². The highest BCUT2D eigenvalue weighted by molar-refractivity contribution is 7.89. The van der Waals surface area contributed by atoms with Crippen LogP contribution in [0.1, 0.15) is 22.6 Å². The lowest BCUT2D eigenvalue weighted by molar-refractivity contribution is 0.465. The maximum atomic E-state index is 12.3. The molecule has 0 saturated heterocycles. The fourth-order valence-electron chi connectivity index (χ4n) is 2.01. The zero-order chi connectivity index (χ0) is 15.5. The van der Waals surface area contributed by atoms with Gasteiger partial charge in [-0.05, 0) is 26.5 Å². The van der Waals surface area contributed by atoms with Gasteiger partial charge in [-0.15, -0.1) is 0 Å². The van der Waals surface area contributed by atoms with Gasteiger partial charge in [0.25, 0.3) is 0 Å². The molecule has 0 spiro atoms. The van der Waals surface area contributed by atoms with Crippen molar-refractivity contribution in [3.63, 3.8) is 0 Å². The van der Waals surface area contributed by atoms with E-state index in [1.807, 2.05) is 31.2 Å². The summed E-state index contributed by atoms with van der Waals surface area (Å²) >= 11 is 0. The lowest BCUT2D eigenvalue weighted by atomic mass is 10.2. The first-order valence-electron chi connectivity index (χ1n) is 6.71. The van der Waals surface area contributed by atoms with Crippen molar-refractivity contribution in [3.8, 4) is 0 Å². The maximum absolute atomic E-state index is 12.3. The molecule has 1 heterocycles. The van der Waals surface area contributed by atoms with Crippen LogP contribution in [0.4, 0.5) is 0 Å². The number of aryl methyl sites for hydroxylation is 2. The quantitative estimate of drug-likeness (QED) is 0.857. The third-order valence-electron chi connectivity index (χ3n) is 3.15. The van der Waals surface area contributed by atoms with E-state index in [2.05, 4.69) is 10.0 Å². The molecule has 114 valence electrons. The van der Waals surface area contributed by atoms with Gasteiger partial charge in [0.15, 0.2) is 0 Å². The molecule has 5 nitrogen and oxygen atoms in total. The summed E-state index contributed by atoms with van der Waals surface area (Å²) < 4.78 is 32.7. The average Bonchev–Trinajstić information content (AvgIpc) is 2.80. The molecule has 0 bridgehead atoms. The van der Waals surface area contributed by atoms with Gasteiger partial charge in [-0.3, -0.25) is 0 Å². The van der Waals surface area contributed by atoms with Crippen LogP contribution in [0.3, 0.4) is 0 Å². The van der Waals surface area contributed by atoms with Crippen LogP contribution >= 0.6 is 0 Å². The average molecular weight is 308 g/mol. The highest BCUT2D eigenvalue weighted by Gasteiger charge is 2.20. The van der Waals surface area contributed by atoms with E-state index in [-0.39, 0.29) is 11.4 Å². The molecule has 0 aliphatic rings. The van der Waals surface area contributed by atoms with Gasteiger partial charge in [-0.1, -0.05) is 29.8 Å². The highest BCUT2D eigenvalue weighted by Crippen LogP contribution is 2.20. The summed E-state index contributed by atoms with van der Waals surface area (Å²) in [4.78, 5) is 0.194. The van der Waals surface area contributed by atoms with Crippen molar-refractivity contribution in [1.82, 2.24) is 10.0 Å². The van der Waals surface area contributed by atoms with E-state index in [4.69, 9.17) is 4.42 Å². The molecule has 1 aromatic heterocycles. The van der Waals surface area contributed by atoms with Crippen LogP contribution in [0, 0.1) is 13.8 Å². The first kappa shape index (κ1) is 15.8. The summed E-state index contributed by atoms with van der Waals surface area (Å²) in [5.41, 5.74) is 2.06. The molecule has 6 heteroatoms. The predicted molar refractivity (Wildman–Crippen MR) is 81.4 cm³/mol. The first-order valence-corrected chi connectivity index (χ1v) is 8.20. The van der Waals surface area contributed by atoms with E-state index in [1.165, 1.54) is 0 Å². The normalized spacial score (nSPS) is 11.8. The van der Waals surface area contributed by atoms with Gasteiger partial charge in [-0.25, -0.2) is 13.1 Å². The second-order valence-corrected chi connectivity index (χ2v) is 6.71. The molecule has 0 fully saturated rings. The molecule has 0 aliphatic heterocycles. The lowest BCUT2D eigenvalue weighted by Gasteiger charge is -2.06. The van der Waals surface area contributed by atoms with Crippen LogP contribution < -0.4 is 10.0 Å². The minimum Gasteiger partial charge on any atom is -0.464 e. The lowest BCUT2D eigenvalue weighted by Crippen LogP contribution is -2.23. The van der Waals surface area contributed by atoms with Crippen molar-refractivity contribution < 1.29 is 12.8 Å². The fourth-order valence-corrected chi connectivity index (χ4v) is 3.23. The molecule has 0 unspecified atom stereocenters. The summed E-state index contributed by atoms with van der Waals surface area (Å²) in [5, 5.41) is 2.93. The minimum atomic E-state index is -3.57. The second-order valence-electron chi connectivity index (χ2n) is 4.97. The van der Waals surface area contributed by atoms with Crippen molar-refractivity contribution in [1.29, 1.82) is 0 Å². The van der Waals surface area contributed by atoms with Crippen LogP contribution in [0.15, 0.2) is 39.6 Å². The maximum Gasteiger partial charge on any atom is 0.244 e.